The third kappa shape index (κ3) is 4.39. The number of esters is 2. The van der Waals surface area contributed by atoms with E-state index in [1.807, 2.05) is 0 Å². The van der Waals surface area contributed by atoms with Gasteiger partial charge in [0.05, 0.1) is 42.9 Å². The molecule has 1 atom stereocenters. The van der Waals surface area contributed by atoms with Gasteiger partial charge in [-0.1, -0.05) is 30.3 Å². The molecule has 0 saturated heterocycles. The molecule has 2 aromatic carbocycles. The third-order valence-electron chi connectivity index (χ3n) is 5.60. The fourth-order valence-electron chi connectivity index (χ4n) is 4.03. The Kier molecular flexibility index (Phi) is 7.11. The maximum Gasteiger partial charge on any atom is 0.355 e. The zero-order valence-electron chi connectivity index (χ0n) is 19.7. The molecule has 0 fully saturated rings. The van der Waals surface area contributed by atoms with Crippen LogP contribution in [0.15, 0.2) is 71.2 Å². The molecule has 0 radical (unpaired) electrons. The van der Waals surface area contributed by atoms with Crippen LogP contribution in [-0.4, -0.2) is 46.2 Å². The molecule has 180 valence electrons. The Morgan fingerprint density at radius 2 is 1.66 bits per heavy atom. The topological polar surface area (TPSA) is 152 Å². The molecular weight excluding hydrogens is 450 g/mol. The summed E-state index contributed by atoms with van der Waals surface area (Å²) in [6, 6.07) is 15.4. The van der Waals surface area contributed by atoms with Gasteiger partial charge in [-0.2, -0.15) is 5.26 Å². The van der Waals surface area contributed by atoms with Crippen molar-refractivity contribution in [2.24, 2.45) is 11.5 Å². The highest BCUT2D eigenvalue weighted by Gasteiger charge is 2.43. The van der Waals surface area contributed by atoms with Crippen molar-refractivity contribution < 1.29 is 23.9 Å². The zero-order valence-corrected chi connectivity index (χ0v) is 19.7. The van der Waals surface area contributed by atoms with Crippen LogP contribution >= 0.6 is 0 Å². The lowest BCUT2D eigenvalue weighted by atomic mass is 9.81. The summed E-state index contributed by atoms with van der Waals surface area (Å²) in [5.74, 6) is -3.54. The van der Waals surface area contributed by atoms with Crippen molar-refractivity contribution in [1.29, 1.82) is 5.26 Å². The van der Waals surface area contributed by atoms with Crippen LogP contribution in [0.5, 0.6) is 0 Å². The number of methoxy groups -OCH3 is 2. The van der Waals surface area contributed by atoms with E-state index in [0.29, 0.717) is 11.3 Å². The first-order valence-corrected chi connectivity index (χ1v) is 10.4. The number of nitrogens with zero attached hydrogens (tertiary/aromatic N) is 3. The molecule has 1 unspecified atom stereocenters. The average Bonchev–Trinajstić information content (AvgIpc) is 2.86. The number of nitriles is 1. The summed E-state index contributed by atoms with van der Waals surface area (Å²) in [5, 5.41) is 10.1. The van der Waals surface area contributed by atoms with Crippen LogP contribution in [0.4, 0.5) is 11.4 Å². The van der Waals surface area contributed by atoms with E-state index in [2.05, 4.69) is 6.07 Å². The predicted octanol–water partition coefficient (Wildman–Crippen LogP) is 1.75. The number of primary amides is 1. The molecule has 3 rings (SSSR count). The van der Waals surface area contributed by atoms with Crippen LogP contribution < -0.4 is 21.3 Å². The molecule has 2 aromatic rings. The van der Waals surface area contributed by atoms with Gasteiger partial charge in [-0.25, -0.2) is 9.59 Å². The van der Waals surface area contributed by atoms with Gasteiger partial charge < -0.3 is 25.8 Å². The van der Waals surface area contributed by atoms with E-state index in [1.165, 1.54) is 18.1 Å². The number of carbonyl (C=O) groups excluding carboxylic acids is 3. The van der Waals surface area contributed by atoms with E-state index < -0.39 is 23.8 Å². The number of ether oxygens (including phenoxy) is 2. The van der Waals surface area contributed by atoms with Gasteiger partial charge in [0.2, 0.25) is 0 Å². The first-order valence-electron chi connectivity index (χ1n) is 10.4. The molecule has 1 aliphatic heterocycles. The molecule has 4 N–H and O–H groups in total. The largest absolute Gasteiger partial charge is 0.466 e. The minimum atomic E-state index is -0.990. The van der Waals surface area contributed by atoms with Gasteiger partial charge in [0.1, 0.15) is 11.5 Å². The van der Waals surface area contributed by atoms with E-state index in [9.17, 15) is 19.6 Å². The van der Waals surface area contributed by atoms with E-state index in [-0.39, 0.29) is 33.9 Å². The van der Waals surface area contributed by atoms with Crippen LogP contribution in [0.2, 0.25) is 0 Å². The summed E-state index contributed by atoms with van der Waals surface area (Å²) in [6.07, 6.45) is 0. The van der Waals surface area contributed by atoms with Crippen LogP contribution in [0.3, 0.4) is 0 Å². The third-order valence-corrected chi connectivity index (χ3v) is 5.60. The normalized spacial score (nSPS) is 15.4. The Labute approximate surface area is 202 Å². The maximum atomic E-state index is 13.1. The van der Waals surface area contributed by atoms with E-state index >= 15 is 0 Å². The van der Waals surface area contributed by atoms with Gasteiger partial charge in [0.25, 0.3) is 5.91 Å². The highest BCUT2D eigenvalue weighted by atomic mass is 16.5. The fourth-order valence-corrected chi connectivity index (χ4v) is 4.03. The number of amides is 1. The molecule has 0 bridgehead atoms. The summed E-state index contributed by atoms with van der Waals surface area (Å²) in [7, 11) is 5.80. The fraction of sp³-hybridized carbons (Fsp3) is 0.200. The number of hydrogen-bond acceptors (Lipinski definition) is 9. The minimum Gasteiger partial charge on any atom is -0.466 e. The molecule has 0 saturated carbocycles. The number of anilines is 2. The first kappa shape index (κ1) is 24.9. The van der Waals surface area contributed by atoms with Gasteiger partial charge in [-0.15, -0.1) is 0 Å². The number of rotatable bonds is 6. The van der Waals surface area contributed by atoms with Crippen molar-refractivity contribution >= 4 is 29.2 Å². The molecule has 0 aliphatic carbocycles. The Bertz CT molecular complexity index is 1290. The molecule has 1 heterocycles. The quantitative estimate of drug-likeness (QED) is 0.595. The highest BCUT2D eigenvalue weighted by molar-refractivity contribution is 6.07. The first-order chi connectivity index (χ1) is 16.7. The van der Waals surface area contributed by atoms with Crippen LogP contribution in [0.1, 0.15) is 21.8 Å². The van der Waals surface area contributed by atoms with Gasteiger partial charge in [-0.3, -0.25) is 9.69 Å². The second-order valence-electron chi connectivity index (χ2n) is 7.80. The second kappa shape index (κ2) is 10.0. The summed E-state index contributed by atoms with van der Waals surface area (Å²) >= 11 is 0. The van der Waals surface area contributed by atoms with Crippen LogP contribution in [0.25, 0.3) is 0 Å². The number of hydrogen-bond donors (Lipinski definition) is 2. The number of allylic oxidation sites excluding steroid dienone is 1. The molecule has 0 aromatic heterocycles. The van der Waals surface area contributed by atoms with Crippen LogP contribution in [0, 0.1) is 11.3 Å². The lowest BCUT2D eigenvalue weighted by Gasteiger charge is -2.36. The van der Waals surface area contributed by atoms with Crippen molar-refractivity contribution in [3.63, 3.8) is 0 Å². The average molecular weight is 476 g/mol. The molecule has 1 amide bonds. The van der Waals surface area contributed by atoms with Crippen molar-refractivity contribution in [2.45, 2.75) is 5.92 Å². The second-order valence-corrected chi connectivity index (χ2v) is 7.80. The van der Waals surface area contributed by atoms with Crippen molar-refractivity contribution in [1.82, 2.24) is 0 Å². The lowest BCUT2D eigenvalue weighted by Crippen LogP contribution is -2.41. The van der Waals surface area contributed by atoms with Gasteiger partial charge in [0.15, 0.2) is 0 Å². The van der Waals surface area contributed by atoms with E-state index in [0.717, 1.165) is 7.11 Å². The van der Waals surface area contributed by atoms with E-state index in [4.69, 9.17) is 20.9 Å². The predicted molar refractivity (Wildman–Crippen MR) is 129 cm³/mol. The molecule has 35 heavy (non-hydrogen) atoms. The molecule has 10 heteroatoms. The van der Waals surface area contributed by atoms with Crippen molar-refractivity contribution in [3.8, 4) is 6.07 Å². The highest BCUT2D eigenvalue weighted by Crippen LogP contribution is 2.43. The van der Waals surface area contributed by atoms with Crippen molar-refractivity contribution in [3.05, 3.63) is 82.3 Å². The van der Waals surface area contributed by atoms with Gasteiger partial charge in [0, 0.05) is 25.5 Å². The van der Waals surface area contributed by atoms with Gasteiger partial charge in [-0.05, 0) is 23.8 Å². The number of benzene rings is 2. The number of carbonyl (C=O) groups is 3. The molecule has 10 nitrogen and oxygen atoms in total. The minimum absolute atomic E-state index is 0.0153. The smallest absolute Gasteiger partial charge is 0.355 e. The summed E-state index contributed by atoms with van der Waals surface area (Å²) in [6.45, 7) is 0. The SMILES string of the molecule is COC(=O)C1=C(C(=O)OC)N(c2ccc(N(C)C)c(C(N)=O)c2)C(N)=C(C#N)C1c1ccccc1. The number of nitrogens with two attached hydrogens (primary N) is 2. The maximum absolute atomic E-state index is 13.1. The molecule has 0 spiro atoms. The molecular formula is C25H25N5O5. The Morgan fingerprint density at radius 3 is 2.17 bits per heavy atom. The zero-order chi connectivity index (χ0) is 25.9. The van der Waals surface area contributed by atoms with Crippen molar-refractivity contribution in [2.75, 3.05) is 38.1 Å². The Hall–Kier alpha value is -4.78. The molecule has 1 aliphatic rings. The summed E-state index contributed by atoms with van der Waals surface area (Å²) in [4.78, 5) is 41.3. The standard InChI is InChI=1S/C25H25N5O5/c1-29(2)18-11-10-15(12-16(18)23(28)31)30-21(25(33)35-4)20(24(32)34-3)19(17(13-26)22(30)27)14-8-6-5-7-9-14/h5-12,19H,27H2,1-4H3,(H2,28,31). The monoisotopic (exact) mass is 475 g/mol. The summed E-state index contributed by atoms with van der Waals surface area (Å²) in [5.41, 5.74) is 13.2. The van der Waals surface area contributed by atoms with E-state index in [1.54, 1.807) is 61.5 Å². The van der Waals surface area contributed by atoms with Gasteiger partial charge >= 0.3 is 11.9 Å². The summed E-state index contributed by atoms with van der Waals surface area (Å²) < 4.78 is 10.0. The Balaban J connectivity index is 2.43. The van der Waals surface area contributed by atoms with Crippen LogP contribution in [-0.2, 0) is 19.1 Å². The lowest BCUT2D eigenvalue weighted by molar-refractivity contribution is -0.139. The Morgan fingerprint density at radius 1 is 1.03 bits per heavy atom.